The van der Waals surface area contributed by atoms with Gasteiger partial charge in [-0.2, -0.15) is 4.98 Å². The average molecular weight is 224 g/mol. The number of hydrogen-bond acceptors (Lipinski definition) is 6. The minimum Gasteiger partial charge on any atom is -0.385 e. The van der Waals surface area contributed by atoms with Gasteiger partial charge in [0.2, 0.25) is 5.95 Å². The highest BCUT2D eigenvalue weighted by Crippen LogP contribution is 2.14. The maximum absolute atomic E-state index is 11.4. The number of nitrogen functional groups attached to an aromatic ring is 1. The molecule has 2 heterocycles. The number of aromatic nitrogens is 4. The normalized spacial score (nSPS) is 13.1. The summed E-state index contributed by atoms with van der Waals surface area (Å²) in [6.45, 7) is 0.324. The molecule has 0 radical (unpaired) electrons. The van der Waals surface area contributed by atoms with Crippen LogP contribution < -0.4 is 17.0 Å². The minimum absolute atomic E-state index is 0.0103. The lowest BCUT2D eigenvalue weighted by atomic mass is 10.2. The van der Waals surface area contributed by atoms with E-state index in [0.717, 1.165) is 0 Å². The van der Waals surface area contributed by atoms with Gasteiger partial charge in [0.25, 0.3) is 5.56 Å². The molecule has 2 rings (SSSR count). The fraction of sp³-hybridized carbons (Fsp3) is 0.375. The molecule has 0 aromatic carbocycles. The summed E-state index contributed by atoms with van der Waals surface area (Å²) in [5, 5.41) is 9.64. The highest BCUT2D eigenvalue weighted by Gasteiger charge is 2.14. The first-order valence-corrected chi connectivity index (χ1v) is 4.75. The van der Waals surface area contributed by atoms with Crippen LogP contribution in [0.5, 0.6) is 0 Å². The maximum Gasteiger partial charge on any atom is 0.278 e. The lowest BCUT2D eigenvalue weighted by molar-refractivity contribution is 0.162. The Balaban J connectivity index is 2.51. The largest absolute Gasteiger partial charge is 0.385 e. The van der Waals surface area contributed by atoms with Crippen LogP contribution in [0.3, 0.4) is 0 Å². The Kier molecular flexibility index (Phi) is 2.59. The Labute approximate surface area is 89.7 Å². The van der Waals surface area contributed by atoms with Crippen molar-refractivity contribution in [2.75, 3.05) is 12.3 Å². The summed E-state index contributed by atoms with van der Waals surface area (Å²) in [5.74, 6) is 0.257. The summed E-state index contributed by atoms with van der Waals surface area (Å²) in [5.41, 5.74) is 10.6. The number of hydrogen-bond donors (Lipinski definition) is 5. The van der Waals surface area contributed by atoms with E-state index in [-0.39, 0.29) is 22.9 Å². The van der Waals surface area contributed by atoms with E-state index in [1.54, 1.807) is 0 Å². The fourth-order valence-electron chi connectivity index (χ4n) is 1.39. The van der Waals surface area contributed by atoms with Crippen LogP contribution in [0.25, 0.3) is 11.2 Å². The molecule has 0 aliphatic heterocycles. The molecule has 0 saturated heterocycles. The van der Waals surface area contributed by atoms with Crippen LogP contribution in [-0.2, 0) is 0 Å². The van der Waals surface area contributed by atoms with Crippen LogP contribution in [-0.4, -0.2) is 31.6 Å². The molecule has 16 heavy (non-hydrogen) atoms. The van der Waals surface area contributed by atoms with E-state index in [1.807, 2.05) is 0 Å². The molecule has 0 bridgehead atoms. The first-order chi connectivity index (χ1) is 7.61. The third-order valence-corrected chi connectivity index (χ3v) is 2.15. The van der Waals surface area contributed by atoms with Gasteiger partial charge < -0.3 is 21.6 Å². The van der Waals surface area contributed by atoms with E-state index < -0.39 is 11.7 Å². The van der Waals surface area contributed by atoms with Crippen molar-refractivity contribution in [1.29, 1.82) is 0 Å². The molecule has 1 unspecified atom stereocenters. The molecule has 0 saturated carbocycles. The van der Waals surface area contributed by atoms with E-state index in [9.17, 15) is 9.90 Å². The van der Waals surface area contributed by atoms with Crippen molar-refractivity contribution in [3.8, 4) is 0 Å². The Hall–Kier alpha value is -1.93. The molecule has 8 nitrogen and oxygen atoms in total. The number of nitrogens with zero attached hydrogens (tertiary/aromatic N) is 2. The SMILES string of the molecule is NCCC(O)c1nc2nc(N)[nH]c(=O)c2[nH]1. The number of aliphatic hydroxyl groups excluding tert-OH is 1. The molecular formula is C8H12N6O2. The van der Waals surface area contributed by atoms with Crippen molar-refractivity contribution in [2.45, 2.75) is 12.5 Å². The molecule has 0 amide bonds. The molecule has 86 valence electrons. The zero-order valence-corrected chi connectivity index (χ0v) is 8.40. The molecule has 7 N–H and O–H groups in total. The van der Waals surface area contributed by atoms with E-state index in [2.05, 4.69) is 19.9 Å². The Morgan fingerprint density at radius 3 is 2.81 bits per heavy atom. The topological polar surface area (TPSA) is 147 Å². The number of aliphatic hydroxyl groups is 1. The summed E-state index contributed by atoms with van der Waals surface area (Å²) in [6, 6.07) is 0. The average Bonchev–Trinajstić information content (AvgIpc) is 2.62. The maximum atomic E-state index is 11.4. The second kappa shape index (κ2) is 3.91. The Bertz CT molecular complexity index is 559. The van der Waals surface area contributed by atoms with E-state index in [0.29, 0.717) is 13.0 Å². The zero-order chi connectivity index (χ0) is 11.7. The summed E-state index contributed by atoms with van der Waals surface area (Å²) >= 11 is 0. The zero-order valence-electron chi connectivity index (χ0n) is 8.40. The second-order valence-electron chi connectivity index (χ2n) is 3.36. The first kappa shape index (κ1) is 10.6. The van der Waals surface area contributed by atoms with Crippen molar-refractivity contribution < 1.29 is 5.11 Å². The van der Waals surface area contributed by atoms with Gasteiger partial charge in [0.05, 0.1) is 0 Å². The second-order valence-corrected chi connectivity index (χ2v) is 3.36. The first-order valence-electron chi connectivity index (χ1n) is 4.75. The fourth-order valence-corrected chi connectivity index (χ4v) is 1.39. The molecule has 0 aliphatic rings. The standard InChI is InChI=1S/C8H12N6O2/c9-2-1-3(15)5-11-4-6(12-5)13-8(10)14-7(4)16/h3,15H,1-2,9H2,(H4,10,11,12,13,14,16). The van der Waals surface area contributed by atoms with Gasteiger partial charge in [-0.25, -0.2) is 4.98 Å². The molecule has 2 aromatic rings. The van der Waals surface area contributed by atoms with Crippen molar-refractivity contribution in [3.63, 3.8) is 0 Å². The number of fused-ring (bicyclic) bond motifs is 1. The Morgan fingerprint density at radius 1 is 1.38 bits per heavy atom. The van der Waals surface area contributed by atoms with Gasteiger partial charge >= 0.3 is 0 Å². The van der Waals surface area contributed by atoms with E-state index >= 15 is 0 Å². The summed E-state index contributed by atoms with van der Waals surface area (Å²) in [4.78, 5) is 24.3. The third-order valence-electron chi connectivity index (χ3n) is 2.15. The lowest BCUT2D eigenvalue weighted by Gasteiger charge is -2.03. The Morgan fingerprint density at radius 2 is 2.12 bits per heavy atom. The number of nitrogens with one attached hydrogen (secondary N) is 2. The van der Waals surface area contributed by atoms with Crippen molar-refractivity contribution in [2.24, 2.45) is 5.73 Å². The highest BCUT2D eigenvalue weighted by molar-refractivity contribution is 5.70. The van der Waals surface area contributed by atoms with Crippen molar-refractivity contribution in [3.05, 3.63) is 16.2 Å². The number of anilines is 1. The molecule has 1 atom stereocenters. The predicted molar refractivity (Wildman–Crippen MR) is 57.6 cm³/mol. The van der Waals surface area contributed by atoms with E-state index in [4.69, 9.17) is 11.5 Å². The van der Waals surface area contributed by atoms with Gasteiger partial charge in [-0.05, 0) is 13.0 Å². The number of H-pyrrole nitrogens is 2. The monoisotopic (exact) mass is 224 g/mol. The molecule has 0 aliphatic carbocycles. The van der Waals surface area contributed by atoms with Gasteiger partial charge in [0.1, 0.15) is 11.9 Å². The number of aromatic amines is 2. The number of nitrogens with two attached hydrogens (primary N) is 2. The van der Waals surface area contributed by atoms with Crippen molar-refractivity contribution >= 4 is 17.1 Å². The smallest absolute Gasteiger partial charge is 0.278 e. The van der Waals surface area contributed by atoms with Gasteiger partial charge in [-0.15, -0.1) is 0 Å². The molecular weight excluding hydrogens is 212 g/mol. The minimum atomic E-state index is -0.833. The highest BCUT2D eigenvalue weighted by atomic mass is 16.3. The summed E-state index contributed by atoms with van der Waals surface area (Å²) in [7, 11) is 0. The van der Waals surface area contributed by atoms with Crippen LogP contribution in [0, 0.1) is 0 Å². The molecule has 2 aromatic heterocycles. The number of rotatable bonds is 3. The van der Waals surface area contributed by atoms with Gasteiger partial charge in [0, 0.05) is 0 Å². The number of imidazole rings is 1. The molecule has 8 heteroatoms. The molecule has 0 spiro atoms. The third kappa shape index (κ3) is 1.75. The predicted octanol–water partition coefficient (Wildman–Crippen LogP) is -1.39. The van der Waals surface area contributed by atoms with Crippen LogP contribution in [0.15, 0.2) is 4.79 Å². The van der Waals surface area contributed by atoms with Crippen molar-refractivity contribution in [1.82, 2.24) is 19.9 Å². The van der Waals surface area contributed by atoms with Gasteiger partial charge in [-0.1, -0.05) is 0 Å². The van der Waals surface area contributed by atoms with Gasteiger partial charge in [-0.3, -0.25) is 9.78 Å². The summed E-state index contributed by atoms with van der Waals surface area (Å²) in [6.07, 6.45) is -0.479. The van der Waals surface area contributed by atoms with Crippen LogP contribution in [0.4, 0.5) is 5.95 Å². The molecule has 0 fully saturated rings. The van der Waals surface area contributed by atoms with Crippen LogP contribution >= 0.6 is 0 Å². The quantitative estimate of drug-likeness (QED) is 0.433. The van der Waals surface area contributed by atoms with Crippen LogP contribution in [0.2, 0.25) is 0 Å². The lowest BCUT2D eigenvalue weighted by Crippen LogP contribution is -2.11. The van der Waals surface area contributed by atoms with Crippen LogP contribution in [0.1, 0.15) is 18.3 Å². The van der Waals surface area contributed by atoms with Gasteiger partial charge in [0.15, 0.2) is 11.2 Å². The summed E-state index contributed by atoms with van der Waals surface area (Å²) < 4.78 is 0. The van der Waals surface area contributed by atoms with E-state index in [1.165, 1.54) is 0 Å².